The first kappa shape index (κ1) is 16.4. The Morgan fingerprint density at radius 3 is 2.77 bits per heavy atom. The number of imidazole rings is 1. The maximum absolute atomic E-state index is 13.3. The van der Waals surface area contributed by atoms with Crippen molar-refractivity contribution in [3.63, 3.8) is 0 Å². The number of hydrogen-bond donors (Lipinski definition) is 1. The lowest BCUT2D eigenvalue weighted by Crippen LogP contribution is -2.12. The van der Waals surface area contributed by atoms with Crippen LogP contribution >= 0.6 is 11.3 Å². The summed E-state index contributed by atoms with van der Waals surface area (Å²) in [6.07, 6.45) is 2.77. The molecule has 0 unspecified atom stereocenters. The van der Waals surface area contributed by atoms with Gasteiger partial charge in [-0.2, -0.15) is 0 Å². The first-order valence-electron chi connectivity index (χ1n) is 7.98. The van der Waals surface area contributed by atoms with Gasteiger partial charge < -0.3 is 4.40 Å². The fraction of sp³-hybridized carbons (Fsp3) is 0.105. The molecular formula is C19H15FN4OS. The fourth-order valence-corrected chi connectivity index (χ4v) is 3.31. The smallest absolute Gasteiger partial charge is 0.277 e. The normalized spacial score (nSPS) is 11.0. The maximum atomic E-state index is 13.3. The monoisotopic (exact) mass is 366 g/mol. The summed E-state index contributed by atoms with van der Waals surface area (Å²) >= 11 is 1.35. The number of anilines is 1. The van der Waals surface area contributed by atoms with Crippen LogP contribution in [0.25, 0.3) is 16.9 Å². The Morgan fingerprint density at radius 1 is 1.12 bits per heavy atom. The van der Waals surface area contributed by atoms with E-state index in [1.165, 1.54) is 51.4 Å². The van der Waals surface area contributed by atoms with E-state index >= 15 is 0 Å². The Balaban J connectivity index is 1.56. The van der Waals surface area contributed by atoms with Gasteiger partial charge in [0.25, 0.3) is 5.91 Å². The van der Waals surface area contributed by atoms with E-state index in [1.807, 2.05) is 11.4 Å². The van der Waals surface area contributed by atoms with Gasteiger partial charge in [-0.25, -0.2) is 14.4 Å². The second kappa shape index (κ2) is 6.34. The van der Waals surface area contributed by atoms with Gasteiger partial charge in [0.05, 0.1) is 5.69 Å². The molecule has 0 aliphatic heterocycles. The van der Waals surface area contributed by atoms with Gasteiger partial charge in [0.15, 0.2) is 5.13 Å². The van der Waals surface area contributed by atoms with Gasteiger partial charge in [0, 0.05) is 23.3 Å². The van der Waals surface area contributed by atoms with Gasteiger partial charge in [-0.3, -0.25) is 10.1 Å². The number of fused-ring (bicyclic) bond motifs is 1. The minimum atomic E-state index is -0.389. The molecule has 26 heavy (non-hydrogen) atoms. The molecule has 1 N–H and O–H groups in total. The van der Waals surface area contributed by atoms with E-state index in [0.29, 0.717) is 10.8 Å². The fourth-order valence-electron chi connectivity index (χ4n) is 2.60. The van der Waals surface area contributed by atoms with Crippen LogP contribution in [-0.4, -0.2) is 20.3 Å². The van der Waals surface area contributed by atoms with Gasteiger partial charge in [-0.15, -0.1) is 11.3 Å². The van der Waals surface area contributed by atoms with E-state index < -0.39 is 0 Å². The van der Waals surface area contributed by atoms with Crippen molar-refractivity contribution in [2.75, 3.05) is 5.32 Å². The predicted octanol–water partition coefficient (Wildman–Crippen LogP) is 4.47. The largest absolute Gasteiger partial charge is 0.303 e. The molecule has 0 saturated heterocycles. The molecule has 4 aromatic rings. The van der Waals surface area contributed by atoms with E-state index in [1.54, 1.807) is 0 Å². The average Bonchev–Trinajstić information content (AvgIpc) is 3.23. The highest BCUT2D eigenvalue weighted by atomic mass is 32.1. The van der Waals surface area contributed by atoms with Crippen molar-refractivity contribution in [1.29, 1.82) is 0 Å². The maximum Gasteiger partial charge on any atom is 0.277 e. The topological polar surface area (TPSA) is 59.3 Å². The summed E-state index contributed by atoms with van der Waals surface area (Å²) in [5.41, 5.74) is 4.95. The highest BCUT2D eigenvalue weighted by Gasteiger charge is 2.14. The van der Waals surface area contributed by atoms with Crippen LogP contribution in [-0.2, 0) is 0 Å². The zero-order chi connectivity index (χ0) is 18.3. The Labute approximate surface area is 153 Å². The van der Waals surface area contributed by atoms with Crippen molar-refractivity contribution in [2.24, 2.45) is 0 Å². The molecule has 7 heteroatoms. The Hall–Kier alpha value is -3.06. The van der Waals surface area contributed by atoms with Crippen molar-refractivity contribution in [2.45, 2.75) is 13.8 Å². The second-order valence-electron chi connectivity index (χ2n) is 6.03. The van der Waals surface area contributed by atoms with Gasteiger partial charge in [0.1, 0.15) is 17.2 Å². The third-order valence-electron chi connectivity index (χ3n) is 4.17. The number of halogens is 1. The summed E-state index contributed by atoms with van der Waals surface area (Å²) in [5, 5.41) is 5.14. The highest BCUT2D eigenvalue weighted by molar-refractivity contribution is 7.14. The molecule has 0 radical (unpaired) electrons. The number of nitrogens with zero attached hydrogens (tertiary/aromatic N) is 3. The summed E-state index contributed by atoms with van der Waals surface area (Å²) in [6.45, 7) is 4.12. The van der Waals surface area contributed by atoms with Gasteiger partial charge in [0.2, 0.25) is 0 Å². The van der Waals surface area contributed by atoms with Crippen LogP contribution in [0.2, 0.25) is 0 Å². The number of amides is 1. The Bertz CT molecular complexity index is 1130. The first-order valence-corrected chi connectivity index (χ1v) is 8.86. The van der Waals surface area contributed by atoms with E-state index in [2.05, 4.69) is 41.3 Å². The summed E-state index contributed by atoms with van der Waals surface area (Å²) in [5.74, 6) is -0.769. The molecule has 4 rings (SSSR count). The molecule has 1 amide bonds. The Morgan fingerprint density at radius 2 is 1.96 bits per heavy atom. The number of aryl methyl sites for hydroxylation is 2. The number of carbonyl (C=O) groups is 1. The molecule has 3 aromatic heterocycles. The average molecular weight is 366 g/mol. The SMILES string of the molecule is Cc1ccc(-c2csc(NC(=O)c3cn4cc(F)ccc4n3)n2)cc1C. The third-order valence-corrected chi connectivity index (χ3v) is 4.93. The zero-order valence-corrected chi connectivity index (χ0v) is 15.0. The molecule has 1 aromatic carbocycles. The quantitative estimate of drug-likeness (QED) is 0.582. The Kier molecular flexibility index (Phi) is 4.00. The summed E-state index contributed by atoms with van der Waals surface area (Å²) in [6, 6.07) is 8.97. The number of hydrogen-bond acceptors (Lipinski definition) is 4. The van der Waals surface area contributed by atoms with E-state index in [9.17, 15) is 9.18 Å². The molecule has 130 valence electrons. The number of nitrogens with one attached hydrogen (secondary N) is 1. The van der Waals surface area contributed by atoms with Crippen LogP contribution in [0.3, 0.4) is 0 Å². The van der Waals surface area contributed by atoms with Gasteiger partial charge in [-0.05, 0) is 43.2 Å². The van der Waals surface area contributed by atoms with E-state index in [4.69, 9.17) is 0 Å². The molecular weight excluding hydrogens is 351 g/mol. The predicted molar refractivity (Wildman–Crippen MR) is 100 cm³/mol. The number of benzene rings is 1. The van der Waals surface area contributed by atoms with Crippen molar-refractivity contribution in [1.82, 2.24) is 14.4 Å². The molecule has 0 aliphatic rings. The summed E-state index contributed by atoms with van der Waals surface area (Å²) < 4.78 is 14.7. The van der Waals surface area contributed by atoms with Gasteiger partial charge in [-0.1, -0.05) is 12.1 Å². The molecule has 0 bridgehead atoms. The number of carbonyl (C=O) groups excluding carboxylic acids is 1. The summed E-state index contributed by atoms with van der Waals surface area (Å²) in [7, 11) is 0. The molecule has 0 aliphatic carbocycles. The minimum Gasteiger partial charge on any atom is -0.303 e. The molecule has 0 saturated carbocycles. The molecule has 0 fully saturated rings. The standard InChI is InChI=1S/C19H15FN4OS/c1-11-3-4-13(7-12(11)2)16-10-26-19(22-16)23-18(25)15-9-24-8-14(20)5-6-17(24)21-15/h3-10H,1-2H3,(H,22,23,25). The van der Waals surface area contributed by atoms with Crippen molar-refractivity contribution in [3.8, 4) is 11.3 Å². The number of rotatable bonds is 3. The third kappa shape index (κ3) is 3.09. The lowest BCUT2D eigenvalue weighted by atomic mass is 10.1. The van der Waals surface area contributed by atoms with E-state index in [-0.39, 0.29) is 17.4 Å². The molecule has 0 atom stereocenters. The van der Waals surface area contributed by atoms with E-state index in [0.717, 1.165) is 11.3 Å². The number of pyridine rings is 1. The number of aromatic nitrogens is 3. The van der Waals surface area contributed by atoms with Gasteiger partial charge >= 0.3 is 0 Å². The van der Waals surface area contributed by atoms with Crippen LogP contribution in [0, 0.1) is 19.7 Å². The summed E-state index contributed by atoms with van der Waals surface area (Å²) in [4.78, 5) is 21.1. The van der Waals surface area contributed by atoms with Crippen LogP contribution in [0.5, 0.6) is 0 Å². The van der Waals surface area contributed by atoms with Crippen LogP contribution in [0.4, 0.5) is 9.52 Å². The van der Waals surface area contributed by atoms with Crippen molar-refractivity contribution in [3.05, 3.63) is 70.7 Å². The zero-order valence-electron chi connectivity index (χ0n) is 14.2. The second-order valence-corrected chi connectivity index (χ2v) is 6.89. The van der Waals surface area contributed by atoms with Crippen LogP contribution in [0.15, 0.2) is 48.1 Å². The van der Waals surface area contributed by atoms with Crippen LogP contribution < -0.4 is 5.32 Å². The lowest BCUT2D eigenvalue weighted by molar-refractivity contribution is 0.102. The van der Waals surface area contributed by atoms with Crippen molar-refractivity contribution < 1.29 is 9.18 Å². The highest BCUT2D eigenvalue weighted by Crippen LogP contribution is 2.26. The molecule has 5 nitrogen and oxygen atoms in total. The van der Waals surface area contributed by atoms with Crippen LogP contribution in [0.1, 0.15) is 21.6 Å². The van der Waals surface area contributed by atoms with Crippen molar-refractivity contribution >= 4 is 28.0 Å². The number of thiazole rings is 1. The minimum absolute atomic E-state index is 0.207. The first-order chi connectivity index (χ1) is 12.5. The molecule has 0 spiro atoms. The lowest BCUT2D eigenvalue weighted by Gasteiger charge is -2.02. The molecule has 3 heterocycles.